The molecule has 23 heavy (non-hydrogen) atoms. The summed E-state index contributed by atoms with van der Waals surface area (Å²) in [7, 11) is -3.17. The lowest BCUT2D eigenvalue weighted by atomic mass is 10.1. The Morgan fingerprint density at radius 1 is 1.26 bits per heavy atom. The Kier molecular flexibility index (Phi) is 5.90. The van der Waals surface area contributed by atoms with Crippen molar-refractivity contribution in [1.29, 1.82) is 0 Å². The van der Waals surface area contributed by atoms with Crippen molar-refractivity contribution in [2.45, 2.75) is 40.0 Å². The molecule has 0 saturated carbocycles. The first-order valence-corrected chi connectivity index (χ1v) is 9.53. The van der Waals surface area contributed by atoms with Crippen molar-refractivity contribution >= 4 is 10.0 Å². The number of hydrogen-bond acceptors (Lipinski definition) is 4. The molecule has 6 nitrogen and oxygen atoms in total. The number of hydrogen-bond donors (Lipinski definition) is 1. The zero-order chi connectivity index (χ0) is 16.9. The highest BCUT2D eigenvalue weighted by Crippen LogP contribution is 2.16. The van der Waals surface area contributed by atoms with E-state index in [0.29, 0.717) is 19.4 Å². The molecular formula is C16H24N4O2S. The van der Waals surface area contributed by atoms with Gasteiger partial charge in [-0.1, -0.05) is 19.4 Å². The van der Waals surface area contributed by atoms with Gasteiger partial charge in [0.2, 0.25) is 10.0 Å². The van der Waals surface area contributed by atoms with Crippen molar-refractivity contribution in [2.75, 3.05) is 12.3 Å². The van der Waals surface area contributed by atoms with Gasteiger partial charge in [-0.25, -0.2) is 22.8 Å². The number of aryl methyl sites for hydroxylation is 1. The van der Waals surface area contributed by atoms with Gasteiger partial charge < -0.3 is 0 Å². The molecule has 0 bridgehead atoms. The van der Waals surface area contributed by atoms with Crippen LogP contribution in [0.2, 0.25) is 0 Å². The van der Waals surface area contributed by atoms with E-state index in [9.17, 15) is 8.42 Å². The van der Waals surface area contributed by atoms with Gasteiger partial charge in [0.1, 0.15) is 0 Å². The van der Waals surface area contributed by atoms with Crippen LogP contribution in [-0.4, -0.2) is 35.5 Å². The van der Waals surface area contributed by atoms with Crippen molar-refractivity contribution < 1.29 is 8.42 Å². The summed E-state index contributed by atoms with van der Waals surface area (Å²) in [6.45, 7) is 6.29. The van der Waals surface area contributed by atoms with Crippen molar-refractivity contribution in [3.05, 3.63) is 41.3 Å². The quantitative estimate of drug-likeness (QED) is 0.801. The Balaban J connectivity index is 2.06. The summed E-state index contributed by atoms with van der Waals surface area (Å²) in [6, 6.07) is 5.68. The second-order valence-electron chi connectivity index (χ2n) is 5.57. The van der Waals surface area contributed by atoms with E-state index in [1.165, 1.54) is 0 Å². The van der Waals surface area contributed by atoms with Crippen molar-refractivity contribution in [3.8, 4) is 5.82 Å². The molecule has 0 spiro atoms. The molecular weight excluding hydrogens is 312 g/mol. The van der Waals surface area contributed by atoms with Crippen molar-refractivity contribution in [3.63, 3.8) is 0 Å². The Morgan fingerprint density at radius 3 is 2.70 bits per heavy atom. The molecule has 2 rings (SSSR count). The Labute approximate surface area is 138 Å². The molecule has 0 amide bonds. The van der Waals surface area contributed by atoms with E-state index in [4.69, 9.17) is 0 Å². The van der Waals surface area contributed by atoms with E-state index >= 15 is 0 Å². The monoisotopic (exact) mass is 336 g/mol. The van der Waals surface area contributed by atoms with Crippen LogP contribution in [0.3, 0.4) is 0 Å². The molecule has 0 aliphatic carbocycles. The molecule has 0 aliphatic heterocycles. The summed E-state index contributed by atoms with van der Waals surface area (Å²) in [5, 5.41) is 4.52. The minimum absolute atomic E-state index is 0.189. The normalized spacial score (nSPS) is 11.8. The molecule has 1 N–H and O–H groups in total. The first-order chi connectivity index (χ1) is 10.9. The summed E-state index contributed by atoms with van der Waals surface area (Å²) in [4.78, 5) is 4.31. The van der Waals surface area contributed by atoms with Gasteiger partial charge in [-0.05, 0) is 44.4 Å². The summed E-state index contributed by atoms with van der Waals surface area (Å²) in [5.41, 5.74) is 2.96. The van der Waals surface area contributed by atoms with Gasteiger partial charge in [-0.15, -0.1) is 0 Å². The highest BCUT2D eigenvalue weighted by molar-refractivity contribution is 7.89. The van der Waals surface area contributed by atoms with Crippen LogP contribution in [0.15, 0.2) is 24.4 Å². The first-order valence-electron chi connectivity index (χ1n) is 7.88. The van der Waals surface area contributed by atoms with Gasteiger partial charge in [0.15, 0.2) is 5.82 Å². The maximum Gasteiger partial charge on any atom is 0.211 e. The van der Waals surface area contributed by atoms with Crippen LogP contribution in [0.4, 0.5) is 0 Å². The third kappa shape index (κ3) is 4.62. The number of nitrogens with one attached hydrogen (secondary N) is 1. The van der Waals surface area contributed by atoms with E-state index in [1.54, 1.807) is 10.9 Å². The minimum atomic E-state index is -3.17. The molecule has 0 fully saturated rings. The van der Waals surface area contributed by atoms with Gasteiger partial charge in [-0.3, -0.25) is 0 Å². The molecule has 0 aliphatic rings. The van der Waals surface area contributed by atoms with E-state index in [1.807, 2.05) is 39.0 Å². The van der Waals surface area contributed by atoms with E-state index in [-0.39, 0.29) is 5.75 Å². The van der Waals surface area contributed by atoms with E-state index in [2.05, 4.69) is 14.8 Å². The average Bonchev–Trinajstić information content (AvgIpc) is 2.82. The minimum Gasteiger partial charge on any atom is -0.237 e. The second-order valence-corrected chi connectivity index (χ2v) is 7.49. The maximum absolute atomic E-state index is 11.8. The van der Waals surface area contributed by atoms with Crippen LogP contribution in [0.1, 0.15) is 36.7 Å². The van der Waals surface area contributed by atoms with Crippen LogP contribution < -0.4 is 4.72 Å². The van der Waals surface area contributed by atoms with Crippen LogP contribution in [0.25, 0.3) is 5.82 Å². The third-order valence-corrected chi connectivity index (χ3v) is 5.24. The smallest absolute Gasteiger partial charge is 0.211 e. The number of unbranched alkanes of at least 4 members (excludes halogenated alkanes) is 1. The van der Waals surface area contributed by atoms with Crippen LogP contribution in [-0.2, 0) is 16.4 Å². The lowest BCUT2D eigenvalue weighted by Crippen LogP contribution is -2.28. The zero-order valence-corrected chi connectivity index (χ0v) is 14.7. The highest BCUT2D eigenvalue weighted by atomic mass is 32.2. The van der Waals surface area contributed by atoms with Gasteiger partial charge in [-0.2, -0.15) is 5.10 Å². The first kappa shape index (κ1) is 17.6. The Hall–Kier alpha value is -1.73. The van der Waals surface area contributed by atoms with Gasteiger partial charge in [0, 0.05) is 18.4 Å². The predicted octanol–water partition coefficient (Wildman–Crippen LogP) is 2.15. The maximum atomic E-state index is 11.8. The molecule has 0 radical (unpaired) electrons. The molecule has 7 heteroatoms. The fourth-order valence-corrected chi connectivity index (χ4v) is 3.70. The molecule has 2 aromatic heterocycles. The van der Waals surface area contributed by atoms with Crippen LogP contribution >= 0.6 is 0 Å². The fraction of sp³-hybridized carbons (Fsp3) is 0.500. The number of pyridine rings is 1. The SMILES string of the molecule is CCCCS(=O)(=O)NCCc1c(C)nn(-c2ccccn2)c1C. The summed E-state index contributed by atoms with van der Waals surface area (Å²) in [5.74, 6) is 0.956. The topological polar surface area (TPSA) is 76.9 Å². The summed E-state index contributed by atoms with van der Waals surface area (Å²) in [6.07, 6.45) is 3.91. The lowest BCUT2D eigenvalue weighted by Gasteiger charge is -2.07. The molecule has 0 atom stereocenters. The van der Waals surface area contributed by atoms with Gasteiger partial charge >= 0.3 is 0 Å². The molecule has 126 valence electrons. The Morgan fingerprint density at radius 2 is 2.04 bits per heavy atom. The van der Waals surface area contributed by atoms with Crippen molar-refractivity contribution in [1.82, 2.24) is 19.5 Å². The second kappa shape index (κ2) is 7.70. The number of sulfonamides is 1. The largest absolute Gasteiger partial charge is 0.237 e. The average molecular weight is 336 g/mol. The highest BCUT2D eigenvalue weighted by Gasteiger charge is 2.14. The summed E-state index contributed by atoms with van der Waals surface area (Å²) >= 11 is 0. The lowest BCUT2D eigenvalue weighted by molar-refractivity contribution is 0.578. The molecule has 2 aromatic rings. The Bertz CT molecular complexity index is 739. The number of rotatable bonds is 8. The fourth-order valence-electron chi connectivity index (χ4n) is 2.48. The molecule has 2 heterocycles. The molecule has 0 aromatic carbocycles. The van der Waals surface area contributed by atoms with Gasteiger partial charge in [0.25, 0.3) is 0 Å². The standard InChI is InChI=1S/C16H24N4O2S/c1-4-5-12-23(21,22)18-11-9-15-13(2)19-20(14(15)3)16-8-6-7-10-17-16/h6-8,10,18H,4-5,9,11-12H2,1-3H3. The summed E-state index contributed by atoms with van der Waals surface area (Å²) < 4.78 is 28.1. The molecule has 0 saturated heterocycles. The zero-order valence-electron chi connectivity index (χ0n) is 13.9. The third-order valence-electron chi connectivity index (χ3n) is 3.77. The van der Waals surface area contributed by atoms with Crippen LogP contribution in [0.5, 0.6) is 0 Å². The van der Waals surface area contributed by atoms with Crippen molar-refractivity contribution in [2.24, 2.45) is 0 Å². The number of aromatic nitrogens is 3. The predicted molar refractivity (Wildman–Crippen MR) is 91.2 cm³/mol. The van der Waals surface area contributed by atoms with E-state index in [0.717, 1.165) is 29.2 Å². The van der Waals surface area contributed by atoms with Gasteiger partial charge in [0.05, 0.1) is 11.4 Å². The van der Waals surface area contributed by atoms with Crippen LogP contribution in [0, 0.1) is 13.8 Å². The molecule has 0 unspecified atom stereocenters. The number of nitrogens with zero attached hydrogens (tertiary/aromatic N) is 3. The van der Waals surface area contributed by atoms with E-state index < -0.39 is 10.0 Å².